The zero-order chi connectivity index (χ0) is 15.6. The number of hydrogen-bond donors (Lipinski definition) is 2. The van der Waals surface area contributed by atoms with Crippen LogP contribution in [0.4, 0.5) is 13.2 Å². The Hall–Kier alpha value is -0.830. The lowest BCUT2D eigenvalue weighted by molar-refractivity contribution is -0.178. The predicted molar refractivity (Wildman–Crippen MR) is 67.9 cm³/mol. The molecular weight excluding hydrogens is 319 g/mol. The normalized spacial score (nSPS) is 15.9. The molecule has 2 atom stereocenters. The van der Waals surface area contributed by atoms with Crippen molar-refractivity contribution in [1.29, 1.82) is 0 Å². The van der Waals surface area contributed by atoms with Gasteiger partial charge in [0.25, 0.3) is 0 Å². The minimum atomic E-state index is -4.62. The molecule has 0 heterocycles. The zero-order valence-corrected chi connectivity index (χ0v) is 11.9. The van der Waals surface area contributed by atoms with E-state index in [0.29, 0.717) is 5.02 Å². The smallest absolute Gasteiger partial charge is 0.393 e. The summed E-state index contributed by atoms with van der Waals surface area (Å²) in [5.74, 6) is -2.02. The van der Waals surface area contributed by atoms with Crippen LogP contribution in [0.2, 0.25) is 5.02 Å². The van der Waals surface area contributed by atoms with E-state index in [1.54, 1.807) is 0 Å². The second kappa shape index (κ2) is 6.30. The van der Waals surface area contributed by atoms with Gasteiger partial charge in [0.05, 0.1) is 23.5 Å². The molecule has 1 aromatic carbocycles. The summed E-state index contributed by atoms with van der Waals surface area (Å²) in [6.45, 7) is -0.168. The molecule has 0 unspecified atom stereocenters. The van der Waals surface area contributed by atoms with Crippen LogP contribution in [0.15, 0.2) is 29.2 Å². The van der Waals surface area contributed by atoms with Gasteiger partial charge in [0.2, 0.25) is 10.0 Å². The summed E-state index contributed by atoms with van der Waals surface area (Å²) in [6.07, 6.45) is -4.62. The highest BCUT2D eigenvalue weighted by atomic mass is 35.5. The van der Waals surface area contributed by atoms with Gasteiger partial charge in [0.15, 0.2) is 0 Å². The van der Waals surface area contributed by atoms with E-state index in [1.165, 1.54) is 12.1 Å². The van der Waals surface area contributed by atoms with Gasteiger partial charge < -0.3 is 5.11 Å². The molecule has 0 aliphatic carbocycles. The second-order valence-electron chi connectivity index (χ2n) is 4.19. The Balaban J connectivity index is 2.96. The van der Waals surface area contributed by atoms with E-state index in [4.69, 9.17) is 16.7 Å². The summed E-state index contributed by atoms with van der Waals surface area (Å²) in [4.78, 5) is -0.227. The third kappa shape index (κ3) is 4.34. The van der Waals surface area contributed by atoms with Gasteiger partial charge in [0, 0.05) is 5.02 Å². The first-order valence-electron chi connectivity index (χ1n) is 5.53. The van der Waals surface area contributed by atoms with Gasteiger partial charge in [-0.2, -0.15) is 13.2 Å². The van der Waals surface area contributed by atoms with Crippen LogP contribution in [0.1, 0.15) is 6.92 Å². The van der Waals surface area contributed by atoms with E-state index < -0.39 is 34.8 Å². The fourth-order valence-electron chi connectivity index (χ4n) is 1.41. The monoisotopic (exact) mass is 331 g/mol. The number of aliphatic hydroxyl groups excluding tert-OH is 1. The van der Waals surface area contributed by atoms with Crippen molar-refractivity contribution in [3.05, 3.63) is 29.3 Å². The topological polar surface area (TPSA) is 66.4 Å². The number of halogens is 4. The summed E-state index contributed by atoms with van der Waals surface area (Å²) in [7, 11) is -4.16. The summed E-state index contributed by atoms with van der Waals surface area (Å²) < 4.78 is 63.3. The first-order valence-corrected chi connectivity index (χ1v) is 7.39. The molecule has 1 rings (SSSR count). The van der Waals surface area contributed by atoms with Gasteiger partial charge in [-0.15, -0.1) is 0 Å². The average Bonchev–Trinajstić information content (AvgIpc) is 2.34. The Bertz CT molecular complexity index is 545. The van der Waals surface area contributed by atoms with Crippen molar-refractivity contribution in [1.82, 2.24) is 4.72 Å². The van der Waals surface area contributed by atoms with E-state index in [2.05, 4.69) is 0 Å². The maximum Gasteiger partial charge on any atom is 0.393 e. The van der Waals surface area contributed by atoms with E-state index in [9.17, 15) is 21.6 Å². The summed E-state index contributed by atoms with van der Waals surface area (Å²) in [5, 5.41) is 9.26. The SMILES string of the molecule is C[C@@H]([C@@H](CO)NS(=O)(=O)c1ccc(Cl)cc1)C(F)(F)F. The second-order valence-corrected chi connectivity index (χ2v) is 6.34. The number of alkyl halides is 3. The van der Waals surface area contributed by atoms with E-state index in [0.717, 1.165) is 19.1 Å². The molecule has 9 heteroatoms. The largest absolute Gasteiger partial charge is 0.395 e. The first-order chi connectivity index (χ1) is 9.08. The molecule has 0 aliphatic heterocycles. The first kappa shape index (κ1) is 17.2. The Kier molecular flexibility index (Phi) is 5.42. The van der Waals surface area contributed by atoms with Crippen LogP contribution in [0.25, 0.3) is 0 Å². The number of aliphatic hydroxyl groups is 1. The van der Waals surface area contributed by atoms with E-state index in [1.807, 2.05) is 4.72 Å². The van der Waals surface area contributed by atoms with Gasteiger partial charge >= 0.3 is 6.18 Å². The Morgan fingerprint density at radius 1 is 1.30 bits per heavy atom. The molecule has 2 N–H and O–H groups in total. The fourth-order valence-corrected chi connectivity index (χ4v) is 2.84. The number of hydrogen-bond acceptors (Lipinski definition) is 3. The number of sulfonamides is 1. The third-order valence-corrected chi connectivity index (χ3v) is 4.50. The third-order valence-electron chi connectivity index (χ3n) is 2.75. The van der Waals surface area contributed by atoms with Gasteiger partial charge in [-0.25, -0.2) is 13.1 Å². The molecule has 0 saturated heterocycles. The molecule has 0 fully saturated rings. The summed E-state index contributed by atoms with van der Waals surface area (Å²) in [5.41, 5.74) is 0. The Morgan fingerprint density at radius 2 is 1.80 bits per heavy atom. The minimum absolute atomic E-state index is 0.227. The van der Waals surface area contributed by atoms with Gasteiger partial charge in [-0.05, 0) is 24.3 Å². The molecule has 0 aromatic heterocycles. The van der Waals surface area contributed by atoms with Crippen LogP contribution in [0.3, 0.4) is 0 Å². The summed E-state index contributed by atoms with van der Waals surface area (Å²) >= 11 is 5.60. The van der Waals surface area contributed by atoms with Crippen LogP contribution < -0.4 is 4.72 Å². The number of nitrogens with one attached hydrogen (secondary N) is 1. The van der Waals surface area contributed by atoms with Crippen molar-refractivity contribution in [3.63, 3.8) is 0 Å². The van der Waals surface area contributed by atoms with Gasteiger partial charge in [-0.1, -0.05) is 18.5 Å². The fraction of sp³-hybridized carbons (Fsp3) is 0.455. The van der Waals surface area contributed by atoms with Crippen molar-refractivity contribution in [3.8, 4) is 0 Å². The van der Waals surface area contributed by atoms with E-state index >= 15 is 0 Å². The van der Waals surface area contributed by atoms with Crippen LogP contribution in [0, 0.1) is 5.92 Å². The Morgan fingerprint density at radius 3 is 2.20 bits per heavy atom. The van der Waals surface area contributed by atoms with Gasteiger partial charge in [0.1, 0.15) is 0 Å². The molecular formula is C11H13ClF3NO3S. The van der Waals surface area contributed by atoms with Crippen LogP contribution in [-0.2, 0) is 10.0 Å². The standard InChI is InChI=1S/C11H13ClF3NO3S/c1-7(11(13,14)15)10(6-17)16-20(18,19)9-4-2-8(12)3-5-9/h2-5,7,10,16-17H,6H2,1H3/t7-,10+/m0/s1. The molecule has 0 aliphatic rings. The number of rotatable bonds is 5. The number of benzene rings is 1. The molecule has 0 bridgehead atoms. The van der Waals surface area contributed by atoms with Crippen molar-refractivity contribution < 1.29 is 26.7 Å². The van der Waals surface area contributed by atoms with Crippen molar-refractivity contribution in [2.75, 3.05) is 6.61 Å². The molecule has 0 amide bonds. The lowest BCUT2D eigenvalue weighted by atomic mass is 10.0. The van der Waals surface area contributed by atoms with E-state index in [-0.39, 0.29) is 4.90 Å². The lowest BCUT2D eigenvalue weighted by Crippen LogP contribution is -2.46. The highest BCUT2D eigenvalue weighted by Gasteiger charge is 2.42. The molecule has 114 valence electrons. The predicted octanol–water partition coefficient (Wildman–Crippen LogP) is 2.18. The van der Waals surface area contributed by atoms with Gasteiger partial charge in [-0.3, -0.25) is 0 Å². The van der Waals surface area contributed by atoms with Crippen LogP contribution in [0.5, 0.6) is 0 Å². The Labute approximate surface area is 119 Å². The molecule has 0 saturated carbocycles. The maximum atomic E-state index is 12.6. The molecule has 20 heavy (non-hydrogen) atoms. The molecule has 0 radical (unpaired) electrons. The molecule has 0 spiro atoms. The quantitative estimate of drug-likeness (QED) is 0.869. The zero-order valence-electron chi connectivity index (χ0n) is 10.4. The average molecular weight is 332 g/mol. The van der Waals surface area contributed by atoms with Crippen LogP contribution in [-0.4, -0.2) is 32.3 Å². The summed E-state index contributed by atoms with van der Waals surface area (Å²) in [6, 6.07) is 3.28. The lowest BCUT2D eigenvalue weighted by Gasteiger charge is -2.25. The van der Waals surface area contributed by atoms with Crippen LogP contribution >= 0.6 is 11.6 Å². The minimum Gasteiger partial charge on any atom is -0.395 e. The highest BCUT2D eigenvalue weighted by Crippen LogP contribution is 2.29. The van der Waals surface area contributed by atoms with Crippen molar-refractivity contribution in [2.45, 2.75) is 24.0 Å². The molecule has 4 nitrogen and oxygen atoms in total. The van der Waals surface area contributed by atoms with Crippen molar-refractivity contribution in [2.24, 2.45) is 5.92 Å². The molecule has 1 aromatic rings. The maximum absolute atomic E-state index is 12.6. The highest BCUT2D eigenvalue weighted by molar-refractivity contribution is 7.89. The van der Waals surface area contributed by atoms with Crippen molar-refractivity contribution >= 4 is 21.6 Å².